The number of hydrogen-bond donors (Lipinski definition) is 1. The Balaban J connectivity index is 1.57. The normalized spacial score (nSPS) is 21.9. The van der Waals surface area contributed by atoms with Gasteiger partial charge < -0.3 is 5.32 Å². The van der Waals surface area contributed by atoms with Gasteiger partial charge in [0.25, 0.3) is 0 Å². The molecule has 1 aliphatic carbocycles. The minimum Gasteiger partial charge on any atom is -0.382 e. The highest BCUT2D eigenvalue weighted by Crippen LogP contribution is 2.38. The topological polar surface area (TPSA) is 29.1 Å². The van der Waals surface area contributed by atoms with Gasteiger partial charge in [0.2, 0.25) is 0 Å². The van der Waals surface area contributed by atoms with Crippen molar-refractivity contribution >= 4 is 16.5 Å². The third-order valence-electron chi connectivity index (χ3n) is 4.32. The first-order valence-electron chi connectivity index (χ1n) is 7.82. The van der Waals surface area contributed by atoms with E-state index in [4.69, 9.17) is 0 Å². The van der Waals surface area contributed by atoms with Crippen molar-refractivity contribution in [1.29, 1.82) is 0 Å². The summed E-state index contributed by atoms with van der Waals surface area (Å²) < 4.78 is 11.3. The molecule has 0 unspecified atom stereocenters. The highest BCUT2D eigenvalue weighted by atomic mass is 32.2. The summed E-state index contributed by atoms with van der Waals surface area (Å²) in [5, 5.41) is 3.61. The van der Waals surface area contributed by atoms with Crippen molar-refractivity contribution in [3.8, 4) is 0 Å². The van der Waals surface area contributed by atoms with Gasteiger partial charge in [-0.15, -0.1) is 0 Å². The summed E-state index contributed by atoms with van der Waals surface area (Å²) in [6.45, 7) is 2.15. The molecular formula is C19H23NOS. The fourth-order valence-electron chi connectivity index (χ4n) is 3.15. The zero-order chi connectivity index (χ0) is 15.5. The number of nitrogens with one attached hydrogen (secondary N) is 1. The van der Waals surface area contributed by atoms with Crippen LogP contribution >= 0.6 is 0 Å². The van der Waals surface area contributed by atoms with Crippen molar-refractivity contribution in [2.45, 2.75) is 37.5 Å². The molecule has 116 valence electrons. The highest BCUT2D eigenvalue weighted by Gasteiger charge is 2.30. The van der Waals surface area contributed by atoms with Gasteiger partial charge in [-0.25, -0.2) is 0 Å². The number of rotatable bonds is 5. The maximum absolute atomic E-state index is 11.3. The third kappa shape index (κ3) is 3.77. The Morgan fingerprint density at radius 3 is 2.64 bits per heavy atom. The van der Waals surface area contributed by atoms with E-state index < -0.39 is 10.8 Å². The van der Waals surface area contributed by atoms with Crippen molar-refractivity contribution in [3.05, 3.63) is 65.2 Å². The largest absolute Gasteiger partial charge is 0.382 e. The van der Waals surface area contributed by atoms with Gasteiger partial charge in [0.05, 0.1) is 0 Å². The molecule has 2 aromatic rings. The smallest absolute Gasteiger partial charge is 0.0483 e. The van der Waals surface area contributed by atoms with Gasteiger partial charge in [0, 0.05) is 34.5 Å². The van der Waals surface area contributed by atoms with Crippen molar-refractivity contribution in [1.82, 2.24) is 0 Å². The van der Waals surface area contributed by atoms with Crippen LogP contribution in [0.1, 0.15) is 35.4 Å². The van der Waals surface area contributed by atoms with Crippen LogP contribution in [0.15, 0.2) is 48.5 Å². The molecule has 22 heavy (non-hydrogen) atoms. The van der Waals surface area contributed by atoms with Gasteiger partial charge in [-0.2, -0.15) is 0 Å². The average Bonchev–Trinajstić information content (AvgIpc) is 2.42. The van der Waals surface area contributed by atoms with E-state index in [-0.39, 0.29) is 0 Å². The van der Waals surface area contributed by atoms with E-state index in [0.29, 0.717) is 17.7 Å². The zero-order valence-corrected chi connectivity index (χ0v) is 14.0. The molecule has 2 aromatic carbocycles. The highest BCUT2D eigenvalue weighted by molar-refractivity contribution is 7.83. The van der Waals surface area contributed by atoms with Crippen LogP contribution in [0.5, 0.6) is 0 Å². The average molecular weight is 313 g/mol. The molecule has 1 fully saturated rings. The van der Waals surface area contributed by atoms with Crippen LogP contribution in [0, 0.1) is 6.92 Å². The molecule has 3 heteroatoms. The second-order valence-corrected chi connectivity index (χ2v) is 7.78. The van der Waals surface area contributed by atoms with Crippen LogP contribution in [0.2, 0.25) is 0 Å². The molecule has 0 bridgehead atoms. The summed E-state index contributed by atoms with van der Waals surface area (Å²) in [5.74, 6) is 1.32. The first kappa shape index (κ1) is 15.3. The monoisotopic (exact) mass is 313 g/mol. The molecule has 0 heterocycles. The van der Waals surface area contributed by atoms with Gasteiger partial charge >= 0.3 is 0 Å². The lowest BCUT2D eigenvalue weighted by Crippen LogP contribution is -2.34. The molecule has 3 rings (SSSR count). The predicted octanol–water partition coefficient (Wildman–Crippen LogP) is 4.23. The molecule has 0 saturated heterocycles. The van der Waals surface area contributed by atoms with Gasteiger partial charge in [-0.05, 0) is 48.9 Å². The Kier molecular flexibility index (Phi) is 4.63. The summed E-state index contributed by atoms with van der Waals surface area (Å²) in [5.41, 5.74) is 5.10. The number of benzene rings is 2. The SMILES string of the molecule is Cc1cccc(C2CC(Nc3cccc(C[S@](C)=O)c3)C2)c1. The van der Waals surface area contributed by atoms with E-state index in [1.807, 2.05) is 12.1 Å². The Morgan fingerprint density at radius 2 is 1.91 bits per heavy atom. The standard InChI is InChI=1S/C19H23NOS/c1-14-5-3-7-16(9-14)17-11-19(12-17)20-18-8-4-6-15(10-18)13-22(2)21/h3-10,17,19-20H,11-13H2,1-2H3/t17?,19?,22-/m0/s1. The van der Waals surface area contributed by atoms with E-state index in [0.717, 1.165) is 11.3 Å². The van der Waals surface area contributed by atoms with Crippen LogP contribution in [-0.4, -0.2) is 16.5 Å². The first-order valence-corrected chi connectivity index (χ1v) is 9.55. The predicted molar refractivity (Wildman–Crippen MR) is 94.8 cm³/mol. The van der Waals surface area contributed by atoms with Gasteiger partial charge in [0.15, 0.2) is 0 Å². The Bertz CT molecular complexity index is 677. The van der Waals surface area contributed by atoms with Crippen LogP contribution < -0.4 is 5.32 Å². The Labute approximate surface area is 135 Å². The summed E-state index contributed by atoms with van der Waals surface area (Å²) in [7, 11) is -0.786. The van der Waals surface area contributed by atoms with Gasteiger partial charge in [0.1, 0.15) is 0 Å². The maximum Gasteiger partial charge on any atom is 0.0483 e. The molecule has 1 saturated carbocycles. The Hall–Kier alpha value is -1.61. The molecule has 1 atom stereocenters. The summed E-state index contributed by atoms with van der Waals surface area (Å²) in [4.78, 5) is 0. The number of hydrogen-bond acceptors (Lipinski definition) is 2. The molecule has 0 amide bonds. The second-order valence-electron chi connectivity index (χ2n) is 6.34. The Morgan fingerprint density at radius 1 is 1.14 bits per heavy atom. The van der Waals surface area contributed by atoms with Crippen molar-refractivity contribution in [2.24, 2.45) is 0 Å². The molecule has 0 aromatic heterocycles. The minimum absolute atomic E-state index is 0.549. The van der Waals surface area contributed by atoms with E-state index in [1.54, 1.807) is 6.26 Å². The fourth-order valence-corrected chi connectivity index (χ4v) is 3.80. The summed E-state index contributed by atoms with van der Waals surface area (Å²) >= 11 is 0. The van der Waals surface area contributed by atoms with E-state index >= 15 is 0 Å². The zero-order valence-electron chi connectivity index (χ0n) is 13.2. The van der Waals surface area contributed by atoms with Crippen molar-refractivity contribution in [3.63, 3.8) is 0 Å². The lowest BCUT2D eigenvalue weighted by Gasteiger charge is -2.37. The van der Waals surface area contributed by atoms with Crippen LogP contribution in [0.3, 0.4) is 0 Å². The summed E-state index contributed by atoms with van der Waals surface area (Å²) in [6.07, 6.45) is 4.12. The fraction of sp³-hybridized carbons (Fsp3) is 0.368. The van der Waals surface area contributed by atoms with Crippen LogP contribution in [-0.2, 0) is 16.6 Å². The first-order chi connectivity index (χ1) is 10.6. The van der Waals surface area contributed by atoms with Gasteiger partial charge in [-0.1, -0.05) is 42.0 Å². The lowest BCUT2D eigenvalue weighted by atomic mass is 9.75. The minimum atomic E-state index is -0.786. The van der Waals surface area contributed by atoms with Crippen LogP contribution in [0.4, 0.5) is 5.69 Å². The molecular weight excluding hydrogens is 290 g/mol. The van der Waals surface area contributed by atoms with Crippen LogP contribution in [0.25, 0.3) is 0 Å². The molecule has 2 nitrogen and oxygen atoms in total. The summed E-state index contributed by atoms with van der Waals surface area (Å²) in [6, 6.07) is 17.7. The van der Waals surface area contributed by atoms with Gasteiger partial charge in [-0.3, -0.25) is 4.21 Å². The third-order valence-corrected chi connectivity index (χ3v) is 5.06. The number of anilines is 1. The molecule has 0 radical (unpaired) electrons. The van der Waals surface area contributed by atoms with E-state index in [1.165, 1.54) is 24.0 Å². The van der Waals surface area contributed by atoms with E-state index in [9.17, 15) is 4.21 Å². The quantitative estimate of drug-likeness (QED) is 0.895. The lowest BCUT2D eigenvalue weighted by molar-refractivity contribution is 0.374. The molecule has 0 spiro atoms. The molecule has 1 N–H and O–H groups in total. The van der Waals surface area contributed by atoms with Crippen molar-refractivity contribution < 1.29 is 4.21 Å². The van der Waals surface area contributed by atoms with E-state index in [2.05, 4.69) is 48.6 Å². The molecule has 1 aliphatic rings. The van der Waals surface area contributed by atoms with Crippen molar-refractivity contribution in [2.75, 3.05) is 11.6 Å². The second kappa shape index (κ2) is 6.66. The molecule has 0 aliphatic heterocycles. The maximum atomic E-state index is 11.3. The number of aryl methyl sites for hydroxylation is 1.